The Morgan fingerprint density at radius 1 is 1.31 bits per heavy atom. The quantitative estimate of drug-likeness (QED) is 0.777. The first kappa shape index (κ1) is 20.2. The number of piperidine rings is 1. The Hall–Kier alpha value is -2.09. The number of likely N-dealkylation sites (tertiary alicyclic amines) is 1. The highest BCUT2D eigenvalue weighted by Crippen LogP contribution is 2.36. The van der Waals surface area contributed by atoms with E-state index >= 15 is 0 Å². The summed E-state index contributed by atoms with van der Waals surface area (Å²) in [4.78, 5) is 38.4. The molecule has 2 N–H and O–H groups in total. The molecule has 1 fully saturated rings. The highest BCUT2D eigenvalue weighted by Gasteiger charge is 2.29. The normalized spacial score (nSPS) is 15.6. The molecule has 2 rings (SSSR count). The molecule has 1 aliphatic rings. The number of amides is 2. The van der Waals surface area contributed by atoms with Crippen LogP contribution in [0, 0.1) is 5.92 Å². The van der Waals surface area contributed by atoms with E-state index < -0.39 is 17.9 Å². The molecule has 1 aliphatic heterocycles. The van der Waals surface area contributed by atoms with Gasteiger partial charge in [0.2, 0.25) is 0 Å². The van der Waals surface area contributed by atoms with Gasteiger partial charge >= 0.3 is 18.0 Å². The zero-order valence-corrected chi connectivity index (χ0v) is 16.4. The Bertz CT molecular complexity index is 684. The van der Waals surface area contributed by atoms with Crippen LogP contribution in [0.5, 0.6) is 0 Å². The molecule has 0 saturated carbocycles. The molecule has 26 heavy (non-hydrogen) atoms. The molecule has 8 heteroatoms. The number of nitrogens with one attached hydrogen (secondary N) is 1. The standard InChI is InChI=1S/C18H26N2O5S/c1-5-25-16(23)12-10-13(18(2,3)4)26-14(12)19-17(24)20-8-6-11(7-9-20)15(21)22/h10-11H,5-9H2,1-4H3,(H,19,24)(H,21,22). The number of carbonyl (C=O) groups excluding carboxylic acids is 2. The number of nitrogens with zero attached hydrogens (tertiary/aromatic N) is 1. The van der Waals surface area contributed by atoms with Crippen LogP contribution in [-0.2, 0) is 14.9 Å². The van der Waals surface area contributed by atoms with Gasteiger partial charge in [0.15, 0.2) is 0 Å². The average Bonchev–Trinajstić information content (AvgIpc) is 2.99. The number of urea groups is 1. The largest absolute Gasteiger partial charge is 0.481 e. The Labute approximate surface area is 157 Å². The fourth-order valence-electron chi connectivity index (χ4n) is 2.72. The van der Waals surface area contributed by atoms with Crippen molar-refractivity contribution < 1.29 is 24.2 Å². The molecule has 0 bridgehead atoms. The third kappa shape index (κ3) is 4.75. The second kappa shape index (κ2) is 8.07. The Morgan fingerprint density at radius 3 is 2.42 bits per heavy atom. The lowest BCUT2D eigenvalue weighted by Crippen LogP contribution is -2.42. The third-order valence-corrected chi connectivity index (χ3v) is 5.79. The molecular formula is C18H26N2O5S. The molecule has 2 heterocycles. The molecule has 0 aromatic carbocycles. The van der Waals surface area contributed by atoms with Gasteiger partial charge in [0.25, 0.3) is 0 Å². The lowest BCUT2D eigenvalue weighted by atomic mass is 9.94. The summed E-state index contributed by atoms with van der Waals surface area (Å²) in [7, 11) is 0. The maximum atomic E-state index is 12.6. The minimum absolute atomic E-state index is 0.158. The number of ether oxygens (including phenoxy) is 1. The molecular weight excluding hydrogens is 356 g/mol. The zero-order chi connectivity index (χ0) is 19.5. The van der Waals surface area contributed by atoms with Crippen LogP contribution in [0.1, 0.15) is 55.8 Å². The fraction of sp³-hybridized carbons (Fsp3) is 0.611. The Balaban J connectivity index is 2.14. The van der Waals surface area contributed by atoms with Gasteiger partial charge in [-0.3, -0.25) is 10.1 Å². The minimum atomic E-state index is -0.817. The smallest absolute Gasteiger partial charge is 0.341 e. The van der Waals surface area contributed by atoms with E-state index in [2.05, 4.69) is 5.32 Å². The van der Waals surface area contributed by atoms with Crippen LogP contribution >= 0.6 is 11.3 Å². The molecule has 0 aliphatic carbocycles. The zero-order valence-electron chi connectivity index (χ0n) is 15.6. The van der Waals surface area contributed by atoms with Crippen LogP contribution in [0.25, 0.3) is 0 Å². The topological polar surface area (TPSA) is 95.9 Å². The number of hydrogen-bond acceptors (Lipinski definition) is 5. The summed E-state index contributed by atoms with van der Waals surface area (Å²) in [6.45, 7) is 8.88. The summed E-state index contributed by atoms with van der Waals surface area (Å²) in [5, 5.41) is 12.3. The van der Waals surface area contributed by atoms with Crippen LogP contribution in [0.15, 0.2) is 6.07 Å². The number of aliphatic carboxylic acids is 1. The van der Waals surface area contributed by atoms with Gasteiger partial charge in [0.1, 0.15) is 5.00 Å². The van der Waals surface area contributed by atoms with Crippen molar-refractivity contribution in [2.75, 3.05) is 25.0 Å². The van der Waals surface area contributed by atoms with Gasteiger partial charge in [-0.15, -0.1) is 11.3 Å². The van der Waals surface area contributed by atoms with Gasteiger partial charge < -0.3 is 14.7 Å². The van der Waals surface area contributed by atoms with Gasteiger partial charge in [-0.2, -0.15) is 0 Å². The highest BCUT2D eigenvalue weighted by atomic mass is 32.1. The third-order valence-electron chi connectivity index (χ3n) is 4.32. The van der Waals surface area contributed by atoms with E-state index in [0.29, 0.717) is 36.5 Å². The number of esters is 1. The SMILES string of the molecule is CCOC(=O)c1cc(C(C)(C)C)sc1NC(=O)N1CCC(C(=O)O)CC1. The summed E-state index contributed by atoms with van der Waals surface area (Å²) < 4.78 is 5.10. The minimum Gasteiger partial charge on any atom is -0.481 e. The molecule has 144 valence electrons. The Morgan fingerprint density at radius 2 is 1.92 bits per heavy atom. The number of hydrogen-bond donors (Lipinski definition) is 2. The number of rotatable bonds is 4. The van der Waals surface area contributed by atoms with E-state index in [0.717, 1.165) is 4.88 Å². The van der Waals surface area contributed by atoms with E-state index in [4.69, 9.17) is 9.84 Å². The highest BCUT2D eigenvalue weighted by molar-refractivity contribution is 7.16. The second-order valence-corrected chi connectivity index (χ2v) is 8.41. The Kier molecular flexibility index (Phi) is 6.28. The van der Waals surface area contributed by atoms with Crippen molar-refractivity contribution >= 4 is 34.3 Å². The van der Waals surface area contributed by atoms with Crippen molar-refractivity contribution in [1.82, 2.24) is 4.90 Å². The number of anilines is 1. The van der Waals surface area contributed by atoms with Crippen molar-refractivity contribution in [1.29, 1.82) is 0 Å². The van der Waals surface area contributed by atoms with Gasteiger partial charge in [0, 0.05) is 18.0 Å². The maximum Gasteiger partial charge on any atom is 0.341 e. The lowest BCUT2D eigenvalue weighted by molar-refractivity contribution is -0.143. The van der Waals surface area contributed by atoms with Crippen LogP contribution in [0.2, 0.25) is 0 Å². The molecule has 0 spiro atoms. The first-order chi connectivity index (χ1) is 12.1. The van der Waals surface area contributed by atoms with E-state index in [1.165, 1.54) is 11.3 Å². The summed E-state index contributed by atoms with van der Waals surface area (Å²) in [6.07, 6.45) is 0.871. The maximum absolute atomic E-state index is 12.6. The predicted octanol–water partition coefficient (Wildman–Crippen LogP) is 3.55. The van der Waals surface area contributed by atoms with Crippen molar-refractivity contribution in [3.05, 3.63) is 16.5 Å². The van der Waals surface area contributed by atoms with Gasteiger partial charge in [-0.25, -0.2) is 9.59 Å². The van der Waals surface area contributed by atoms with Crippen LogP contribution in [0.4, 0.5) is 9.80 Å². The molecule has 7 nitrogen and oxygen atoms in total. The molecule has 0 unspecified atom stereocenters. The number of carboxylic acid groups (broad SMARTS) is 1. The molecule has 1 aromatic heterocycles. The van der Waals surface area contributed by atoms with Crippen molar-refractivity contribution in [3.8, 4) is 0 Å². The molecule has 0 radical (unpaired) electrons. The molecule has 2 amide bonds. The van der Waals surface area contributed by atoms with Crippen LogP contribution in [-0.4, -0.2) is 47.7 Å². The molecule has 1 saturated heterocycles. The predicted molar refractivity (Wildman–Crippen MR) is 99.9 cm³/mol. The molecule has 0 atom stereocenters. The first-order valence-electron chi connectivity index (χ1n) is 8.73. The van der Waals surface area contributed by atoms with Gasteiger partial charge in [0.05, 0.1) is 18.1 Å². The number of carbonyl (C=O) groups is 3. The van der Waals surface area contributed by atoms with E-state index in [1.54, 1.807) is 17.9 Å². The van der Waals surface area contributed by atoms with Crippen LogP contribution in [0.3, 0.4) is 0 Å². The monoisotopic (exact) mass is 382 g/mol. The first-order valence-corrected chi connectivity index (χ1v) is 9.55. The lowest BCUT2D eigenvalue weighted by Gasteiger charge is -2.30. The van der Waals surface area contributed by atoms with Gasteiger partial charge in [-0.1, -0.05) is 20.8 Å². The summed E-state index contributed by atoms with van der Waals surface area (Å²) in [6, 6.07) is 1.45. The van der Waals surface area contributed by atoms with E-state index in [-0.39, 0.29) is 18.1 Å². The van der Waals surface area contributed by atoms with E-state index in [1.807, 2.05) is 20.8 Å². The average molecular weight is 382 g/mol. The summed E-state index contributed by atoms with van der Waals surface area (Å²) in [5.74, 6) is -1.68. The van der Waals surface area contributed by atoms with E-state index in [9.17, 15) is 14.4 Å². The molecule has 1 aromatic rings. The van der Waals surface area contributed by atoms with Crippen molar-refractivity contribution in [3.63, 3.8) is 0 Å². The number of thiophene rings is 1. The fourth-order valence-corrected chi connectivity index (χ4v) is 3.81. The van der Waals surface area contributed by atoms with Crippen molar-refractivity contribution in [2.45, 2.75) is 46.0 Å². The van der Waals surface area contributed by atoms with Crippen LogP contribution < -0.4 is 5.32 Å². The number of carboxylic acids is 1. The second-order valence-electron chi connectivity index (χ2n) is 7.35. The van der Waals surface area contributed by atoms with Crippen molar-refractivity contribution in [2.24, 2.45) is 5.92 Å². The summed E-state index contributed by atoms with van der Waals surface area (Å²) >= 11 is 1.36. The summed E-state index contributed by atoms with van der Waals surface area (Å²) in [5.41, 5.74) is 0.199. The van der Waals surface area contributed by atoms with Gasteiger partial charge in [-0.05, 0) is 31.2 Å².